The van der Waals surface area contributed by atoms with E-state index in [0.29, 0.717) is 5.41 Å². The average molecular weight is 186 g/mol. The summed E-state index contributed by atoms with van der Waals surface area (Å²) in [7, 11) is 0. The molecule has 0 radical (unpaired) electrons. The molecular formula is C12H26O. The summed E-state index contributed by atoms with van der Waals surface area (Å²) in [6.07, 6.45) is 3.86. The lowest BCUT2D eigenvalue weighted by Crippen LogP contribution is -2.15. The predicted molar refractivity (Wildman–Crippen MR) is 59.0 cm³/mol. The standard InChI is InChI=1S/C12H26O/c1-11(2)8-6-7-9-13-10-12(3,4)5/h11H,6-10H2,1-5H3. The summed E-state index contributed by atoms with van der Waals surface area (Å²) < 4.78 is 5.58. The molecule has 0 amide bonds. The first-order chi connectivity index (χ1) is 5.92. The first kappa shape index (κ1) is 13.0. The fraction of sp³-hybridized carbons (Fsp3) is 1.00. The number of unbranched alkanes of at least 4 members (excludes halogenated alkanes) is 1. The molecule has 0 aliphatic carbocycles. The highest BCUT2D eigenvalue weighted by molar-refractivity contribution is 4.58. The van der Waals surface area contributed by atoms with Crippen LogP contribution < -0.4 is 0 Å². The van der Waals surface area contributed by atoms with Crippen molar-refractivity contribution in [2.45, 2.75) is 53.9 Å². The van der Waals surface area contributed by atoms with Gasteiger partial charge in [-0.25, -0.2) is 0 Å². The van der Waals surface area contributed by atoms with Gasteiger partial charge < -0.3 is 4.74 Å². The van der Waals surface area contributed by atoms with Gasteiger partial charge in [-0.05, 0) is 17.8 Å². The highest BCUT2D eigenvalue weighted by atomic mass is 16.5. The third-order valence-electron chi connectivity index (χ3n) is 1.86. The molecule has 1 heteroatoms. The Kier molecular flexibility index (Phi) is 6.40. The Morgan fingerprint density at radius 1 is 1.08 bits per heavy atom. The van der Waals surface area contributed by atoms with Gasteiger partial charge in [-0.15, -0.1) is 0 Å². The molecule has 0 aliphatic heterocycles. The van der Waals surface area contributed by atoms with Crippen LogP contribution in [-0.2, 0) is 4.74 Å². The fourth-order valence-electron chi connectivity index (χ4n) is 1.14. The molecule has 0 fully saturated rings. The van der Waals surface area contributed by atoms with E-state index in [1.165, 1.54) is 19.3 Å². The summed E-state index contributed by atoms with van der Waals surface area (Å²) in [5, 5.41) is 0. The Morgan fingerprint density at radius 2 is 1.69 bits per heavy atom. The Labute approximate surface area is 83.9 Å². The van der Waals surface area contributed by atoms with E-state index in [1.54, 1.807) is 0 Å². The third-order valence-corrected chi connectivity index (χ3v) is 1.86. The smallest absolute Gasteiger partial charge is 0.0514 e. The summed E-state index contributed by atoms with van der Waals surface area (Å²) in [4.78, 5) is 0. The van der Waals surface area contributed by atoms with Crippen LogP contribution in [-0.4, -0.2) is 13.2 Å². The van der Waals surface area contributed by atoms with Gasteiger partial charge in [-0.1, -0.05) is 47.5 Å². The summed E-state index contributed by atoms with van der Waals surface area (Å²) in [6.45, 7) is 13.0. The van der Waals surface area contributed by atoms with E-state index in [0.717, 1.165) is 19.1 Å². The van der Waals surface area contributed by atoms with E-state index in [-0.39, 0.29) is 0 Å². The lowest BCUT2D eigenvalue weighted by Gasteiger charge is -2.17. The minimum Gasteiger partial charge on any atom is -0.381 e. The van der Waals surface area contributed by atoms with E-state index in [2.05, 4.69) is 34.6 Å². The number of hydrogen-bond donors (Lipinski definition) is 0. The van der Waals surface area contributed by atoms with Crippen LogP contribution >= 0.6 is 0 Å². The molecule has 0 saturated carbocycles. The molecule has 13 heavy (non-hydrogen) atoms. The van der Waals surface area contributed by atoms with Gasteiger partial charge in [0.25, 0.3) is 0 Å². The monoisotopic (exact) mass is 186 g/mol. The van der Waals surface area contributed by atoms with E-state index in [4.69, 9.17) is 4.74 Å². The molecule has 80 valence electrons. The van der Waals surface area contributed by atoms with Gasteiger partial charge in [0.15, 0.2) is 0 Å². The van der Waals surface area contributed by atoms with Gasteiger partial charge >= 0.3 is 0 Å². The molecule has 0 unspecified atom stereocenters. The molecule has 1 nitrogen and oxygen atoms in total. The topological polar surface area (TPSA) is 9.23 Å². The third kappa shape index (κ3) is 12.0. The largest absolute Gasteiger partial charge is 0.381 e. The molecular weight excluding hydrogens is 160 g/mol. The fourth-order valence-corrected chi connectivity index (χ4v) is 1.14. The molecule has 0 atom stereocenters. The first-order valence-corrected chi connectivity index (χ1v) is 5.49. The van der Waals surface area contributed by atoms with Crippen LogP contribution in [0.15, 0.2) is 0 Å². The summed E-state index contributed by atoms with van der Waals surface area (Å²) in [5.41, 5.74) is 0.318. The Bertz CT molecular complexity index is 111. The van der Waals surface area contributed by atoms with E-state index < -0.39 is 0 Å². The number of ether oxygens (including phenoxy) is 1. The van der Waals surface area contributed by atoms with Crippen LogP contribution in [0.3, 0.4) is 0 Å². The Morgan fingerprint density at radius 3 is 2.15 bits per heavy atom. The lowest BCUT2D eigenvalue weighted by molar-refractivity contribution is 0.0683. The highest BCUT2D eigenvalue weighted by Crippen LogP contribution is 2.13. The van der Waals surface area contributed by atoms with Gasteiger partial charge in [0.05, 0.1) is 6.61 Å². The van der Waals surface area contributed by atoms with Crippen LogP contribution in [0.5, 0.6) is 0 Å². The van der Waals surface area contributed by atoms with Crippen LogP contribution in [0.25, 0.3) is 0 Å². The van der Waals surface area contributed by atoms with Crippen LogP contribution in [0.2, 0.25) is 0 Å². The highest BCUT2D eigenvalue weighted by Gasteiger charge is 2.09. The molecule has 0 rings (SSSR count). The van der Waals surface area contributed by atoms with Crippen LogP contribution in [0.4, 0.5) is 0 Å². The predicted octanol–water partition coefficient (Wildman–Crippen LogP) is 3.88. The lowest BCUT2D eigenvalue weighted by atomic mass is 9.99. The van der Waals surface area contributed by atoms with Crippen LogP contribution in [0.1, 0.15) is 53.9 Å². The Hall–Kier alpha value is -0.0400. The van der Waals surface area contributed by atoms with Gasteiger partial charge in [0, 0.05) is 6.61 Å². The van der Waals surface area contributed by atoms with Gasteiger partial charge in [-0.2, -0.15) is 0 Å². The van der Waals surface area contributed by atoms with Crippen molar-refractivity contribution < 1.29 is 4.74 Å². The molecule has 0 bridgehead atoms. The zero-order chi connectivity index (χ0) is 10.3. The second-order valence-electron chi connectivity index (χ2n) is 5.50. The minimum absolute atomic E-state index is 0.318. The molecule has 0 aromatic carbocycles. The normalized spacial score (nSPS) is 12.5. The minimum atomic E-state index is 0.318. The molecule has 0 spiro atoms. The maximum Gasteiger partial charge on any atom is 0.0514 e. The van der Waals surface area contributed by atoms with Crippen molar-refractivity contribution in [2.24, 2.45) is 11.3 Å². The molecule has 0 N–H and O–H groups in total. The molecule has 0 heterocycles. The van der Waals surface area contributed by atoms with Crippen molar-refractivity contribution in [1.82, 2.24) is 0 Å². The molecule has 0 aliphatic rings. The Balaban J connectivity index is 3.09. The summed E-state index contributed by atoms with van der Waals surface area (Å²) >= 11 is 0. The van der Waals surface area contributed by atoms with Crippen molar-refractivity contribution in [3.8, 4) is 0 Å². The van der Waals surface area contributed by atoms with Gasteiger partial charge in [0.2, 0.25) is 0 Å². The maximum atomic E-state index is 5.58. The zero-order valence-corrected chi connectivity index (χ0v) is 10.0. The van der Waals surface area contributed by atoms with Gasteiger partial charge in [-0.3, -0.25) is 0 Å². The first-order valence-electron chi connectivity index (χ1n) is 5.49. The molecule has 0 saturated heterocycles. The van der Waals surface area contributed by atoms with Crippen molar-refractivity contribution in [3.63, 3.8) is 0 Å². The van der Waals surface area contributed by atoms with E-state index in [9.17, 15) is 0 Å². The van der Waals surface area contributed by atoms with Crippen molar-refractivity contribution in [1.29, 1.82) is 0 Å². The second-order valence-corrected chi connectivity index (χ2v) is 5.50. The maximum absolute atomic E-state index is 5.58. The summed E-state index contributed by atoms with van der Waals surface area (Å²) in [6, 6.07) is 0. The number of hydrogen-bond acceptors (Lipinski definition) is 1. The summed E-state index contributed by atoms with van der Waals surface area (Å²) in [5.74, 6) is 0.836. The van der Waals surface area contributed by atoms with Crippen molar-refractivity contribution >= 4 is 0 Å². The second kappa shape index (κ2) is 6.42. The van der Waals surface area contributed by atoms with Crippen molar-refractivity contribution in [3.05, 3.63) is 0 Å². The molecule has 0 aromatic rings. The quantitative estimate of drug-likeness (QED) is 0.572. The van der Waals surface area contributed by atoms with Crippen LogP contribution in [0, 0.1) is 11.3 Å². The average Bonchev–Trinajstić information content (AvgIpc) is 1.93. The number of rotatable bonds is 6. The SMILES string of the molecule is CC(C)CCCCOCC(C)(C)C. The van der Waals surface area contributed by atoms with E-state index >= 15 is 0 Å². The zero-order valence-electron chi connectivity index (χ0n) is 10.0. The van der Waals surface area contributed by atoms with Crippen molar-refractivity contribution in [2.75, 3.05) is 13.2 Å². The molecule has 0 aromatic heterocycles. The van der Waals surface area contributed by atoms with E-state index in [1.807, 2.05) is 0 Å². The van der Waals surface area contributed by atoms with Gasteiger partial charge in [0.1, 0.15) is 0 Å².